The second kappa shape index (κ2) is 1.25. The topological polar surface area (TPSA) is 105 Å². The van der Waals surface area contributed by atoms with Gasteiger partial charge in [0.1, 0.15) is 0 Å². The van der Waals surface area contributed by atoms with Gasteiger partial charge < -0.3 is 21.3 Å². The Labute approximate surface area is 44.2 Å². The van der Waals surface area contributed by atoms with Crippen molar-refractivity contribution in [3.63, 3.8) is 0 Å². The molecular weight excluding hydrogens is 112 g/mol. The van der Waals surface area contributed by atoms with Gasteiger partial charge in [0, 0.05) is 0 Å². The molecule has 6 heteroatoms. The summed E-state index contributed by atoms with van der Waals surface area (Å²) >= 11 is 0. The van der Waals surface area contributed by atoms with Crippen molar-refractivity contribution in [3.8, 4) is 0 Å². The molecule has 4 N–H and O–H groups in total. The van der Waals surface area contributed by atoms with Gasteiger partial charge in [0.05, 0.1) is 0 Å². The minimum atomic E-state index is -0.204. The van der Waals surface area contributed by atoms with Gasteiger partial charge >= 0.3 is 5.82 Å². The fourth-order valence-electron chi connectivity index (χ4n) is 0.265. The van der Waals surface area contributed by atoms with Crippen LogP contribution in [0.3, 0.4) is 0 Å². The Kier molecular flexibility index (Phi) is 0.736. The molecule has 1 heterocycles. The fourth-order valence-corrected chi connectivity index (χ4v) is 0.265. The molecule has 0 atom stereocenters. The lowest BCUT2D eigenvalue weighted by atomic mass is 10.7. The molecule has 0 amide bonds. The maximum absolute atomic E-state index is 10.1. The normalized spacial score (nSPS) is 9.50. The van der Waals surface area contributed by atoms with Gasteiger partial charge in [0.2, 0.25) is 0 Å². The van der Waals surface area contributed by atoms with Crippen LogP contribution in [0.25, 0.3) is 0 Å². The number of rotatable bonds is 0. The van der Waals surface area contributed by atoms with Crippen LogP contribution in [0.4, 0.5) is 11.6 Å². The lowest BCUT2D eigenvalue weighted by molar-refractivity contribution is -0.790. The van der Waals surface area contributed by atoms with E-state index in [4.69, 9.17) is 11.5 Å². The molecular formula is C2H4N4O2. The summed E-state index contributed by atoms with van der Waals surface area (Å²) in [5.74, 6) is -0.287. The van der Waals surface area contributed by atoms with Gasteiger partial charge in [0.15, 0.2) is 0 Å². The number of anilines is 2. The van der Waals surface area contributed by atoms with Gasteiger partial charge in [0.25, 0.3) is 5.82 Å². The lowest BCUT2D eigenvalue weighted by Crippen LogP contribution is -2.26. The Balaban J connectivity index is 3.19. The molecule has 0 radical (unpaired) electrons. The third-order valence-electron chi connectivity index (χ3n) is 0.672. The molecule has 0 fully saturated rings. The fraction of sp³-hybridized carbons (Fsp3) is 0. The molecule has 0 aliphatic heterocycles. The first kappa shape index (κ1) is 4.69. The number of aromatic nitrogens is 2. The van der Waals surface area contributed by atoms with Crippen molar-refractivity contribution < 1.29 is 9.53 Å². The summed E-state index contributed by atoms with van der Waals surface area (Å²) in [6.07, 6.45) is 0. The highest BCUT2D eigenvalue weighted by Crippen LogP contribution is 2.00. The first-order valence-electron chi connectivity index (χ1n) is 1.82. The predicted molar refractivity (Wildman–Crippen MR) is 24.3 cm³/mol. The van der Waals surface area contributed by atoms with Gasteiger partial charge in [-0.1, -0.05) is 4.90 Å². The Hall–Kier alpha value is -1.46. The Morgan fingerprint density at radius 2 is 2.25 bits per heavy atom. The number of nitrogen functional groups attached to an aromatic ring is 2. The molecule has 0 aliphatic carbocycles. The van der Waals surface area contributed by atoms with Gasteiger partial charge in [-0.2, -0.15) is 0 Å². The molecule has 0 unspecified atom stereocenters. The Morgan fingerprint density at radius 1 is 1.62 bits per heavy atom. The van der Waals surface area contributed by atoms with Crippen molar-refractivity contribution >= 4 is 11.6 Å². The van der Waals surface area contributed by atoms with Crippen LogP contribution in [0.15, 0.2) is 4.63 Å². The van der Waals surface area contributed by atoms with E-state index in [1.807, 2.05) is 0 Å². The summed E-state index contributed by atoms with van der Waals surface area (Å²) in [7, 11) is 0. The molecule has 0 saturated heterocycles. The largest absolute Gasteiger partial charge is 0.391 e. The van der Waals surface area contributed by atoms with Crippen LogP contribution >= 0.6 is 0 Å². The summed E-state index contributed by atoms with van der Waals surface area (Å²) in [6.45, 7) is 0. The third kappa shape index (κ3) is 0.427. The molecule has 0 saturated carbocycles. The van der Waals surface area contributed by atoms with Crippen molar-refractivity contribution in [1.82, 2.24) is 5.16 Å². The quantitative estimate of drug-likeness (QED) is 0.400. The van der Waals surface area contributed by atoms with Crippen LogP contribution in [0.1, 0.15) is 0 Å². The highest BCUT2D eigenvalue weighted by molar-refractivity contribution is 5.45. The second-order valence-electron chi connectivity index (χ2n) is 1.20. The summed E-state index contributed by atoms with van der Waals surface area (Å²) in [5, 5.41) is 13.2. The second-order valence-corrected chi connectivity index (χ2v) is 1.20. The van der Waals surface area contributed by atoms with Crippen LogP contribution < -0.4 is 16.4 Å². The van der Waals surface area contributed by atoms with Crippen LogP contribution in [0.5, 0.6) is 0 Å². The van der Waals surface area contributed by atoms with Crippen molar-refractivity contribution in [1.29, 1.82) is 0 Å². The Morgan fingerprint density at radius 3 is 2.38 bits per heavy atom. The van der Waals surface area contributed by atoms with Gasteiger partial charge in [-0.15, -0.1) is 0 Å². The smallest absolute Gasteiger partial charge is 0.316 e. The molecule has 0 aliphatic rings. The monoisotopic (exact) mass is 116 g/mol. The number of nitrogens with zero attached hydrogens (tertiary/aromatic N) is 2. The number of nitrogens with two attached hydrogens (primary N) is 2. The van der Waals surface area contributed by atoms with Gasteiger partial charge in [-0.3, -0.25) is 0 Å². The van der Waals surface area contributed by atoms with E-state index in [2.05, 4.69) is 9.79 Å². The minimum absolute atomic E-state index is 0.0370. The first-order valence-corrected chi connectivity index (χ1v) is 1.82. The van der Waals surface area contributed by atoms with Crippen molar-refractivity contribution in [3.05, 3.63) is 5.21 Å². The zero-order valence-electron chi connectivity index (χ0n) is 3.87. The van der Waals surface area contributed by atoms with Gasteiger partial charge in [-0.25, -0.2) is 0 Å². The number of hydrogen-bond acceptors (Lipinski definition) is 5. The summed E-state index contributed by atoms with van der Waals surface area (Å²) in [5.41, 5.74) is 9.96. The molecule has 6 nitrogen and oxygen atoms in total. The van der Waals surface area contributed by atoms with E-state index in [0.717, 1.165) is 0 Å². The maximum Gasteiger partial charge on any atom is 0.316 e. The standard InChI is InChI=1S/C2H4N4O2/c3-1-2(4)6(7)8-5-1/h4H2,(H2,3,5). The molecule has 0 aromatic carbocycles. The van der Waals surface area contributed by atoms with E-state index < -0.39 is 0 Å². The molecule has 0 bridgehead atoms. The average molecular weight is 116 g/mol. The molecule has 1 aromatic rings. The molecule has 8 heavy (non-hydrogen) atoms. The summed E-state index contributed by atoms with van der Waals surface area (Å²) in [4.78, 5) is 0.0370. The van der Waals surface area contributed by atoms with Crippen LogP contribution in [-0.4, -0.2) is 5.16 Å². The minimum Gasteiger partial charge on any atom is -0.391 e. The zero-order valence-corrected chi connectivity index (χ0v) is 3.87. The molecule has 44 valence electrons. The highest BCUT2D eigenvalue weighted by atomic mass is 16.8. The van der Waals surface area contributed by atoms with Crippen molar-refractivity contribution in [2.45, 2.75) is 0 Å². The number of hydrogen-bond donors (Lipinski definition) is 2. The van der Waals surface area contributed by atoms with Gasteiger partial charge in [-0.05, 0) is 5.16 Å². The van der Waals surface area contributed by atoms with E-state index in [1.165, 1.54) is 0 Å². The van der Waals surface area contributed by atoms with Crippen LogP contribution in [0.2, 0.25) is 0 Å². The summed E-state index contributed by atoms with van der Waals surface area (Å²) in [6, 6.07) is 0. The predicted octanol–water partition coefficient (Wildman–Crippen LogP) is -1.53. The highest BCUT2D eigenvalue weighted by Gasteiger charge is 2.06. The van der Waals surface area contributed by atoms with Crippen LogP contribution in [-0.2, 0) is 0 Å². The van der Waals surface area contributed by atoms with Crippen molar-refractivity contribution in [2.75, 3.05) is 11.5 Å². The molecule has 1 rings (SSSR count). The van der Waals surface area contributed by atoms with E-state index in [0.29, 0.717) is 0 Å². The lowest BCUT2D eigenvalue weighted by Gasteiger charge is -1.84. The SMILES string of the molecule is Nc1no[n+]([O-])c1N. The van der Waals surface area contributed by atoms with Crippen LogP contribution in [0, 0.1) is 5.21 Å². The average Bonchev–Trinajstić information content (AvgIpc) is 1.98. The zero-order chi connectivity index (χ0) is 6.15. The molecule has 0 spiro atoms. The van der Waals surface area contributed by atoms with E-state index in [9.17, 15) is 5.21 Å². The van der Waals surface area contributed by atoms with E-state index >= 15 is 0 Å². The van der Waals surface area contributed by atoms with E-state index in [-0.39, 0.29) is 16.5 Å². The van der Waals surface area contributed by atoms with Crippen molar-refractivity contribution in [2.24, 2.45) is 0 Å². The summed E-state index contributed by atoms with van der Waals surface area (Å²) < 4.78 is 3.96. The Bertz CT molecular complexity index is 174. The van der Waals surface area contributed by atoms with E-state index in [1.54, 1.807) is 0 Å². The first-order chi connectivity index (χ1) is 3.72. The maximum atomic E-state index is 10.1. The molecule has 1 aromatic heterocycles. The third-order valence-corrected chi connectivity index (χ3v) is 0.672.